The molecule has 0 aliphatic rings. The summed E-state index contributed by atoms with van der Waals surface area (Å²) in [5.41, 5.74) is 7.26. The van der Waals surface area contributed by atoms with E-state index in [1.807, 2.05) is 0 Å². The van der Waals surface area contributed by atoms with Crippen LogP contribution in [0.5, 0.6) is 5.75 Å². The van der Waals surface area contributed by atoms with Gasteiger partial charge in [-0.1, -0.05) is 12.1 Å². The second-order valence-corrected chi connectivity index (χ2v) is 8.18. The van der Waals surface area contributed by atoms with Gasteiger partial charge in [-0.3, -0.25) is 4.98 Å². The van der Waals surface area contributed by atoms with Crippen LogP contribution in [0.3, 0.4) is 0 Å². The number of alkyl halides is 3. The first-order valence-corrected chi connectivity index (χ1v) is 10.3. The smallest absolute Gasteiger partial charge is 0.406 e. The molecule has 0 unspecified atom stereocenters. The maximum Gasteiger partial charge on any atom is 0.573 e. The SMILES string of the molecule is NC(=NCc1ccc(S(=O)(=O)c2ccc(OC(F)(F)F)cc2)cc1)Nc1ccncc1. The second kappa shape index (κ2) is 9.04. The van der Waals surface area contributed by atoms with Gasteiger partial charge in [0.2, 0.25) is 9.84 Å². The number of nitrogens with one attached hydrogen (secondary N) is 1. The summed E-state index contributed by atoms with van der Waals surface area (Å²) in [6.45, 7) is 0.216. The summed E-state index contributed by atoms with van der Waals surface area (Å²) in [5, 5.41) is 2.90. The Labute approximate surface area is 176 Å². The molecule has 162 valence electrons. The standard InChI is InChI=1S/C20H17F3N4O3S/c21-20(22,23)30-16-3-7-18(8-4-16)31(28,29)17-5-1-14(2-6-17)13-26-19(24)27-15-9-11-25-12-10-15/h1-12H,13H2,(H3,24,25,26,27). The summed E-state index contributed by atoms with van der Waals surface area (Å²) < 4.78 is 65.8. The molecule has 2 aromatic carbocycles. The lowest BCUT2D eigenvalue weighted by atomic mass is 10.2. The Morgan fingerprint density at radius 3 is 2.06 bits per heavy atom. The van der Waals surface area contributed by atoms with Gasteiger partial charge in [0.15, 0.2) is 5.96 Å². The van der Waals surface area contributed by atoms with Crippen LogP contribution in [0, 0.1) is 0 Å². The molecule has 0 bridgehead atoms. The van der Waals surface area contributed by atoms with Crippen LogP contribution in [-0.2, 0) is 16.4 Å². The van der Waals surface area contributed by atoms with Crippen LogP contribution in [0.15, 0.2) is 87.8 Å². The number of hydrogen-bond donors (Lipinski definition) is 2. The Morgan fingerprint density at radius 1 is 0.968 bits per heavy atom. The van der Waals surface area contributed by atoms with Gasteiger partial charge in [0.1, 0.15) is 5.75 Å². The van der Waals surface area contributed by atoms with E-state index in [1.165, 1.54) is 12.1 Å². The minimum Gasteiger partial charge on any atom is -0.406 e. The molecule has 0 aliphatic carbocycles. The van der Waals surface area contributed by atoms with E-state index in [4.69, 9.17) is 5.73 Å². The molecule has 7 nitrogen and oxygen atoms in total. The third kappa shape index (κ3) is 6.19. The molecule has 0 atom stereocenters. The lowest BCUT2D eigenvalue weighted by Crippen LogP contribution is -2.22. The number of hydrogen-bond acceptors (Lipinski definition) is 5. The molecule has 3 rings (SSSR count). The van der Waals surface area contributed by atoms with Crippen LogP contribution < -0.4 is 15.8 Å². The van der Waals surface area contributed by atoms with E-state index < -0.39 is 21.9 Å². The predicted octanol–water partition coefficient (Wildman–Crippen LogP) is 3.74. The van der Waals surface area contributed by atoms with Gasteiger partial charge >= 0.3 is 6.36 Å². The maximum absolute atomic E-state index is 12.7. The van der Waals surface area contributed by atoms with E-state index >= 15 is 0 Å². The van der Waals surface area contributed by atoms with Gasteiger partial charge in [-0.15, -0.1) is 13.2 Å². The fourth-order valence-electron chi connectivity index (χ4n) is 2.53. The van der Waals surface area contributed by atoms with E-state index in [0.29, 0.717) is 5.56 Å². The Morgan fingerprint density at radius 2 is 1.52 bits per heavy atom. The van der Waals surface area contributed by atoms with E-state index in [1.54, 1.807) is 36.7 Å². The molecule has 0 radical (unpaired) electrons. The quantitative estimate of drug-likeness (QED) is 0.438. The molecule has 0 saturated heterocycles. The summed E-state index contributed by atoms with van der Waals surface area (Å²) in [6.07, 6.45) is -1.65. The van der Waals surface area contributed by atoms with Crippen molar-refractivity contribution in [3.05, 3.63) is 78.6 Å². The van der Waals surface area contributed by atoms with Gasteiger partial charge in [-0.2, -0.15) is 0 Å². The average molecular weight is 450 g/mol. The average Bonchev–Trinajstić information content (AvgIpc) is 2.72. The summed E-state index contributed by atoms with van der Waals surface area (Å²) in [5.74, 6) is -0.318. The minimum absolute atomic E-state index is 0.00685. The van der Waals surface area contributed by atoms with Crippen molar-refractivity contribution in [2.45, 2.75) is 22.7 Å². The highest BCUT2D eigenvalue weighted by Gasteiger charge is 2.31. The molecule has 1 heterocycles. The largest absolute Gasteiger partial charge is 0.573 e. The monoisotopic (exact) mass is 450 g/mol. The van der Waals surface area contributed by atoms with E-state index in [0.717, 1.165) is 30.0 Å². The number of guanidine groups is 1. The zero-order chi connectivity index (χ0) is 22.5. The van der Waals surface area contributed by atoms with E-state index in [2.05, 4.69) is 20.0 Å². The molecule has 0 amide bonds. The number of sulfone groups is 1. The molecule has 31 heavy (non-hydrogen) atoms. The lowest BCUT2D eigenvalue weighted by molar-refractivity contribution is -0.274. The van der Waals surface area contributed by atoms with Crippen LogP contribution >= 0.6 is 0 Å². The molecule has 11 heteroatoms. The van der Waals surface area contributed by atoms with Crippen molar-refractivity contribution in [2.24, 2.45) is 10.7 Å². The Bertz CT molecular complexity index is 1150. The Kier molecular flexibility index (Phi) is 6.44. The highest BCUT2D eigenvalue weighted by molar-refractivity contribution is 7.91. The first-order chi connectivity index (χ1) is 14.6. The summed E-state index contributed by atoms with van der Waals surface area (Å²) >= 11 is 0. The number of anilines is 1. The number of halogens is 3. The van der Waals surface area contributed by atoms with E-state index in [-0.39, 0.29) is 22.3 Å². The predicted molar refractivity (Wildman–Crippen MR) is 108 cm³/mol. The minimum atomic E-state index is -4.85. The molecule has 0 spiro atoms. The molecular formula is C20H17F3N4O3S. The maximum atomic E-state index is 12.7. The first kappa shape index (κ1) is 22.1. The lowest BCUT2D eigenvalue weighted by Gasteiger charge is -2.10. The van der Waals surface area contributed by atoms with Gasteiger partial charge < -0.3 is 15.8 Å². The number of aliphatic imine (C=N–C) groups is 1. The number of aromatic nitrogens is 1. The topological polar surface area (TPSA) is 107 Å². The fraction of sp³-hybridized carbons (Fsp3) is 0.100. The van der Waals surface area contributed by atoms with Crippen LogP contribution in [0.1, 0.15) is 5.56 Å². The number of rotatable bonds is 6. The number of nitrogens with two attached hydrogens (primary N) is 1. The zero-order valence-electron chi connectivity index (χ0n) is 15.9. The highest BCUT2D eigenvalue weighted by Crippen LogP contribution is 2.26. The molecular weight excluding hydrogens is 433 g/mol. The number of ether oxygens (including phenoxy) is 1. The van der Waals surface area contributed by atoms with Crippen molar-refractivity contribution in [1.29, 1.82) is 0 Å². The van der Waals surface area contributed by atoms with Gasteiger partial charge in [0, 0.05) is 18.1 Å². The summed E-state index contributed by atoms with van der Waals surface area (Å²) in [6, 6.07) is 13.4. The van der Waals surface area contributed by atoms with Crippen LogP contribution in [0.2, 0.25) is 0 Å². The van der Waals surface area contributed by atoms with Crippen molar-refractivity contribution in [2.75, 3.05) is 5.32 Å². The first-order valence-electron chi connectivity index (χ1n) is 8.80. The van der Waals surface area contributed by atoms with Crippen LogP contribution in [-0.4, -0.2) is 25.7 Å². The van der Waals surface area contributed by atoms with Crippen molar-refractivity contribution in [1.82, 2.24) is 4.98 Å². The number of pyridine rings is 1. The van der Waals surface area contributed by atoms with Gasteiger partial charge in [-0.25, -0.2) is 13.4 Å². The van der Waals surface area contributed by atoms with Gasteiger partial charge in [-0.05, 0) is 54.1 Å². The van der Waals surface area contributed by atoms with Crippen molar-refractivity contribution < 1.29 is 26.3 Å². The highest BCUT2D eigenvalue weighted by atomic mass is 32.2. The summed E-state index contributed by atoms with van der Waals surface area (Å²) in [7, 11) is -3.90. The molecule has 0 fully saturated rings. The molecule has 3 N–H and O–H groups in total. The van der Waals surface area contributed by atoms with Gasteiger partial charge in [0.05, 0.1) is 16.3 Å². The molecule has 0 aliphatic heterocycles. The molecule has 1 aromatic heterocycles. The fourth-order valence-corrected chi connectivity index (χ4v) is 3.79. The third-order valence-electron chi connectivity index (χ3n) is 3.99. The Hall–Kier alpha value is -3.60. The van der Waals surface area contributed by atoms with Crippen molar-refractivity contribution in [3.8, 4) is 5.75 Å². The molecule has 0 saturated carbocycles. The van der Waals surface area contributed by atoms with Crippen molar-refractivity contribution in [3.63, 3.8) is 0 Å². The Balaban J connectivity index is 1.68. The summed E-state index contributed by atoms with van der Waals surface area (Å²) in [4.78, 5) is 7.92. The van der Waals surface area contributed by atoms with Crippen LogP contribution in [0.25, 0.3) is 0 Å². The second-order valence-electron chi connectivity index (χ2n) is 6.23. The number of nitrogens with zero attached hydrogens (tertiary/aromatic N) is 2. The van der Waals surface area contributed by atoms with Crippen molar-refractivity contribution >= 4 is 21.5 Å². The molecule has 3 aromatic rings. The van der Waals surface area contributed by atoms with E-state index in [9.17, 15) is 21.6 Å². The zero-order valence-corrected chi connectivity index (χ0v) is 16.7. The van der Waals surface area contributed by atoms with Gasteiger partial charge in [0.25, 0.3) is 0 Å². The third-order valence-corrected chi connectivity index (χ3v) is 5.77. The normalized spacial score (nSPS) is 12.4. The number of benzene rings is 2. The van der Waals surface area contributed by atoms with Crippen LogP contribution in [0.4, 0.5) is 18.9 Å².